The molecule has 3 nitrogen and oxygen atoms in total. The SMILES string of the molecule is NC(=S)c1cc(F)cc(CN(CCCO)C2CCC2)c1. The van der Waals surface area contributed by atoms with Crippen LogP contribution in [0.3, 0.4) is 0 Å². The first-order valence-corrected chi connectivity index (χ1v) is 7.45. The molecule has 0 bridgehead atoms. The lowest BCUT2D eigenvalue weighted by Crippen LogP contribution is -2.40. The van der Waals surface area contributed by atoms with Gasteiger partial charge in [-0.05, 0) is 43.0 Å². The van der Waals surface area contributed by atoms with Crippen molar-refractivity contribution in [2.45, 2.75) is 38.3 Å². The quantitative estimate of drug-likeness (QED) is 0.757. The van der Waals surface area contributed by atoms with Crippen LogP contribution in [0.5, 0.6) is 0 Å². The summed E-state index contributed by atoms with van der Waals surface area (Å²) in [7, 11) is 0. The number of benzene rings is 1. The lowest BCUT2D eigenvalue weighted by Gasteiger charge is -2.37. The number of aliphatic hydroxyl groups is 1. The average Bonchev–Trinajstić information content (AvgIpc) is 2.33. The molecule has 0 spiro atoms. The molecule has 3 N–H and O–H groups in total. The molecular weight excluding hydrogens is 275 g/mol. The maximum atomic E-state index is 13.6. The molecule has 0 heterocycles. The highest BCUT2D eigenvalue weighted by Gasteiger charge is 2.24. The van der Waals surface area contributed by atoms with Crippen molar-refractivity contribution < 1.29 is 9.50 Å². The highest BCUT2D eigenvalue weighted by atomic mass is 32.1. The van der Waals surface area contributed by atoms with Crippen LogP contribution in [0, 0.1) is 5.82 Å². The predicted molar refractivity (Wildman–Crippen MR) is 82.0 cm³/mol. The van der Waals surface area contributed by atoms with Gasteiger partial charge in [0.1, 0.15) is 10.8 Å². The third-order valence-corrected chi connectivity index (χ3v) is 4.06. The van der Waals surface area contributed by atoms with Gasteiger partial charge in [0.2, 0.25) is 0 Å². The van der Waals surface area contributed by atoms with Crippen molar-refractivity contribution in [3.8, 4) is 0 Å². The zero-order valence-corrected chi connectivity index (χ0v) is 12.3. The summed E-state index contributed by atoms with van der Waals surface area (Å²) in [4.78, 5) is 2.54. The summed E-state index contributed by atoms with van der Waals surface area (Å²) in [5.41, 5.74) is 7.04. The molecule has 0 aliphatic heterocycles. The fourth-order valence-electron chi connectivity index (χ4n) is 2.53. The summed E-state index contributed by atoms with van der Waals surface area (Å²) in [5.74, 6) is -0.305. The van der Waals surface area contributed by atoms with E-state index in [2.05, 4.69) is 4.90 Å². The zero-order chi connectivity index (χ0) is 14.5. The Labute approximate surface area is 124 Å². The summed E-state index contributed by atoms with van der Waals surface area (Å²) in [6.07, 6.45) is 4.36. The third kappa shape index (κ3) is 3.98. The third-order valence-electron chi connectivity index (χ3n) is 3.82. The topological polar surface area (TPSA) is 49.5 Å². The Bertz CT molecular complexity index is 477. The Hall–Kier alpha value is -1.04. The van der Waals surface area contributed by atoms with E-state index in [1.807, 2.05) is 6.07 Å². The summed E-state index contributed by atoms with van der Waals surface area (Å²) in [5, 5.41) is 8.99. The summed E-state index contributed by atoms with van der Waals surface area (Å²) < 4.78 is 13.6. The fraction of sp³-hybridized carbons (Fsp3) is 0.533. The summed E-state index contributed by atoms with van der Waals surface area (Å²) >= 11 is 4.91. The maximum Gasteiger partial charge on any atom is 0.124 e. The first-order chi connectivity index (χ1) is 9.60. The van der Waals surface area contributed by atoms with Crippen LogP contribution in [0.1, 0.15) is 36.8 Å². The van der Waals surface area contributed by atoms with Gasteiger partial charge in [0.05, 0.1) is 0 Å². The Morgan fingerprint density at radius 3 is 2.70 bits per heavy atom. The van der Waals surface area contributed by atoms with Gasteiger partial charge in [0.15, 0.2) is 0 Å². The lowest BCUT2D eigenvalue weighted by atomic mass is 9.91. The molecule has 1 aromatic carbocycles. The zero-order valence-electron chi connectivity index (χ0n) is 11.5. The maximum absolute atomic E-state index is 13.6. The molecule has 0 aromatic heterocycles. The van der Waals surface area contributed by atoms with Gasteiger partial charge >= 0.3 is 0 Å². The molecule has 0 radical (unpaired) electrons. The monoisotopic (exact) mass is 296 g/mol. The molecule has 0 unspecified atom stereocenters. The Balaban J connectivity index is 2.10. The van der Waals surface area contributed by atoms with E-state index in [4.69, 9.17) is 23.1 Å². The molecule has 0 atom stereocenters. The minimum absolute atomic E-state index is 0.185. The number of rotatable bonds is 7. The van der Waals surface area contributed by atoms with E-state index in [0.29, 0.717) is 18.2 Å². The molecule has 5 heteroatoms. The molecule has 0 saturated heterocycles. The van der Waals surface area contributed by atoms with Gasteiger partial charge in [0.25, 0.3) is 0 Å². The van der Waals surface area contributed by atoms with Crippen LogP contribution in [0.25, 0.3) is 0 Å². The van der Waals surface area contributed by atoms with Crippen LogP contribution in [-0.4, -0.2) is 34.2 Å². The molecule has 1 aliphatic carbocycles. The molecule has 2 rings (SSSR count). The lowest BCUT2D eigenvalue weighted by molar-refractivity contribution is 0.109. The number of hydrogen-bond donors (Lipinski definition) is 2. The molecule has 1 aliphatic rings. The number of aliphatic hydroxyl groups excluding tert-OH is 1. The van der Waals surface area contributed by atoms with Gasteiger partial charge < -0.3 is 10.8 Å². The van der Waals surface area contributed by atoms with Gasteiger partial charge in [-0.3, -0.25) is 4.90 Å². The van der Waals surface area contributed by atoms with E-state index in [-0.39, 0.29) is 17.4 Å². The minimum Gasteiger partial charge on any atom is -0.396 e. The van der Waals surface area contributed by atoms with Crippen molar-refractivity contribution in [1.29, 1.82) is 0 Å². The summed E-state index contributed by atoms with van der Waals surface area (Å²) in [6, 6.07) is 5.31. The van der Waals surface area contributed by atoms with E-state index in [1.54, 1.807) is 0 Å². The van der Waals surface area contributed by atoms with Gasteiger partial charge in [-0.2, -0.15) is 0 Å². The molecule has 20 heavy (non-hydrogen) atoms. The van der Waals surface area contributed by atoms with Crippen LogP contribution in [0.2, 0.25) is 0 Å². The first kappa shape index (κ1) is 15.4. The van der Waals surface area contributed by atoms with Crippen molar-refractivity contribution in [2.24, 2.45) is 5.73 Å². The molecule has 1 saturated carbocycles. The van der Waals surface area contributed by atoms with E-state index >= 15 is 0 Å². The molecular formula is C15H21FN2OS. The molecule has 0 amide bonds. The van der Waals surface area contributed by atoms with Gasteiger partial charge in [0, 0.05) is 31.3 Å². The highest BCUT2D eigenvalue weighted by Crippen LogP contribution is 2.26. The summed E-state index contributed by atoms with van der Waals surface area (Å²) in [6.45, 7) is 1.70. The van der Waals surface area contributed by atoms with Crippen LogP contribution in [-0.2, 0) is 6.54 Å². The van der Waals surface area contributed by atoms with Crippen LogP contribution >= 0.6 is 12.2 Å². The second kappa shape index (κ2) is 7.11. The fourth-order valence-corrected chi connectivity index (χ4v) is 2.65. The standard InChI is InChI=1S/C15H21FN2OS/c16-13-8-11(7-12(9-13)15(17)20)10-18(5-2-6-19)14-3-1-4-14/h7-9,14,19H,1-6,10H2,(H2,17,20). The van der Waals surface area contributed by atoms with Gasteiger partial charge in [-0.1, -0.05) is 18.6 Å². The number of nitrogens with zero attached hydrogens (tertiary/aromatic N) is 1. The Kier molecular flexibility index (Phi) is 5.46. The first-order valence-electron chi connectivity index (χ1n) is 7.04. The minimum atomic E-state index is -0.305. The Morgan fingerprint density at radius 1 is 1.40 bits per heavy atom. The van der Waals surface area contributed by atoms with Crippen molar-refractivity contribution in [3.05, 3.63) is 35.1 Å². The average molecular weight is 296 g/mol. The van der Waals surface area contributed by atoms with Crippen molar-refractivity contribution in [1.82, 2.24) is 4.90 Å². The second-order valence-corrected chi connectivity index (χ2v) is 5.78. The number of nitrogens with two attached hydrogens (primary N) is 1. The Morgan fingerprint density at radius 2 is 2.15 bits per heavy atom. The van der Waals surface area contributed by atoms with Crippen LogP contribution in [0.15, 0.2) is 18.2 Å². The van der Waals surface area contributed by atoms with E-state index in [0.717, 1.165) is 18.5 Å². The van der Waals surface area contributed by atoms with E-state index < -0.39 is 0 Å². The number of hydrogen-bond acceptors (Lipinski definition) is 3. The van der Waals surface area contributed by atoms with Crippen molar-refractivity contribution >= 4 is 17.2 Å². The predicted octanol–water partition coefficient (Wildman–Crippen LogP) is 2.20. The van der Waals surface area contributed by atoms with Gasteiger partial charge in [-0.15, -0.1) is 0 Å². The molecule has 110 valence electrons. The van der Waals surface area contributed by atoms with Crippen LogP contribution < -0.4 is 5.73 Å². The normalized spacial score (nSPS) is 15.3. The van der Waals surface area contributed by atoms with Crippen molar-refractivity contribution in [2.75, 3.05) is 13.2 Å². The van der Waals surface area contributed by atoms with E-state index in [9.17, 15) is 4.39 Å². The van der Waals surface area contributed by atoms with Gasteiger partial charge in [-0.25, -0.2) is 4.39 Å². The van der Waals surface area contributed by atoms with Crippen molar-refractivity contribution in [3.63, 3.8) is 0 Å². The highest BCUT2D eigenvalue weighted by molar-refractivity contribution is 7.80. The molecule has 1 aromatic rings. The second-order valence-electron chi connectivity index (χ2n) is 5.34. The number of thiocarbonyl (C=S) groups is 1. The van der Waals surface area contributed by atoms with Crippen LogP contribution in [0.4, 0.5) is 4.39 Å². The molecule has 1 fully saturated rings. The largest absolute Gasteiger partial charge is 0.396 e. The smallest absolute Gasteiger partial charge is 0.124 e. The van der Waals surface area contributed by atoms with E-state index in [1.165, 1.54) is 31.4 Å². The number of halogens is 1.